The predicted octanol–water partition coefficient (Wildman–Crippen LogP) is 5.05. The molecule has 0 fully saturated rings. The molecule has 11 heteroatoms. The highest BCUT2D eigenvalue weighted by atomic mass is 79.9. The van der Waals surface area contributed by atoms with Gasteiger partial charge in [0.2, 0.25) is 11.6 Å². The van der Waals surface area contributed by atoms with Crippen LogP contribution in [0, 0.1) is 27.6 Å². The highest BCUT2D eigenvalue weighted by molar-refractivity contribution is 9.10. The lowest BCUT2D eigenvalue weighted by Gasteiger charge is -2.11. The number of nitrogens with one attached hydrogen (secondary N) is 2. The summed E-state index contributed by atoms with van der Waals surface area (Å²) >= 11 is 3.10. The zero-order chi connectivity index (χ0) is 19.6. The Morgan fingerprint density at radius 2 is 1.59 bits per heavy atom. The number of rotatable bonds is 5. The van der Waals surface area contributed by atoms with Crippen LogP contribution in [0.4, 0.5) is 41.9 Å². The smallest absolute Gasteiger partial charge is 0.332 e. The molecule has 0 aliphatic rings. The van der Waals surface area contributed by atoms with Gasteiger partial charge >= 0.3 is 5.69 Å². The van der Waals surface area contributed by atoms with E-state index in [0.717, 1.165) is 30.6 Å². The molecule has 3 rings (SSSR count). The van der Waals surface area contributed by atoms with Crippen molar-refractivity contribution in [2.75, 3.05) is 10.6 Å². The first kappa shape index (κ1) is 18.6. The van der Waals surface area contributed by atoms with Crippen LogP contribution in [0.5, 0.6) is 0 Å². The topological polar surface area (TPSA) is 93.0 Å². The quantitative estimate of drug-likeness (QED) is 0.426. The first-order valence-corrected chi connectivity index (χ1v) is 8.08. The standard InChI is InChI=1S/C16H9BrF3N5O2/c17-8-1-4-12(11(20)5-8)23-15-14(25(26)27)16(22-7-21-15)24-13-6-9(18)2-3-10(13)19/h1-7H,(H2,21,22,23,24). The van der Waals surface area contributed by atoms with Crippen molar-refractivity contribution in [3.05, 3.63) is 74.8 Å². The summed E-state index contributed by atoms with van der Waals surface area (Å²) in [6.07, 6.45) is 0.964. The fraction of sp³-hybridized carbons (Fsp3) is 0. The molecule has 0 aliphatic carbocycles. The maximum absolute atomic E-state index is 14.0. The van der Waals surface area contributed by atoms with Gasteiger partial charge in [-0.25, -0.2) is 23.1 Å². The molecule has 0 amide bonds. The van der Waals surface area contributed by atoms with Crippen molar-refractivity contribution in [3.63, 3.8) is 0 Å². The molecular formula is C16H9BrF3N5O2. The molecule has 2 N–H and O–H groups in total. The maximum atomic E-state index is 14.0. The number of nitrogens with zero attached hydrogens (tertiary/aromatic N) is 3. The van der Waals surface area contributed by atoms with Gasteiger partial charge in [-0.2, -0.15) is 0 Å². The minimum atomic E-state index is -0.835. The van der Waals surface area contributed by atoms with Gasteiger partial charge < -0.3 is 10.6 Å². The third-order valence-corrected chi connectivity index (χ3v) is 3.86. The van der Waals surface area contributed by atoms with Crippen molar-refractivity contribution in [1.82, 2.24) is 9.97 Å². The van der Waals surface area contributed by atoms with E-state index in [1.54, 1.807) is 0 Å². The first-order valence-electron chi connectivity index (χ1n) is 7.28. The molecule has 0 saturated carbocycles. The van der Waals surface area contributed by atoms with E-state index in [1.807, 2.05) is 0 Å². The lowest BCUT2D eigenvalue weighted by atomic mass is 10.2. The molecule has 0 aliphatic heterocycles. The minimum Gasteiger partial charge on any atom is -0.332 e. The molecule has 0 saturated heterocycles. The second kappa shape index (κ2) is 7.58. The van der Waals surface area contributed by atoms with Crippen LogP contribution < -0.4 is 10.6 Å². The predicted molar refractivity (Wildman–Crippen MR) is 95.7 cm³/mol. The summed E-state index contributed by atoms with van der Waals surface area (Å²) in [4.78, 5) is 18.1. The summed E-state index contributed by atoms with van der Waals surface area (Å²) in [7, 11) is 0. The summed E-state index contributed by atoms with van der Waals surface area (Å²) in [6.45, 7) is 0. The van der Waals surface area contributed by atoms with Gasteiger partial charge in [-0.15, -0.1) is 0 Å². The van der Waals surface area contributed by atoms with Crippen molar-refractivity contribution in [1.29, 1.82) is 0 Å². The number of nitro groups is 1. The largest absolute Gasteiger partial charge is 0.353 e. The highest BCUT2D eigenvalue weighted by Crippen LogP contribution is 2.34. The van der Waals surface area contributed by atoms with Gasteiger partial charge in [0.05, 0.1) is 16.3 Å². The number of hydrogen-bond donors (Lipinski definition) is 2. The highest BCUT2D eigenvalue weighted by Gasteiger charge is 2.24. The second-order valence-electron chi connectivity index (χ2n) is 5.17. The van der Waals surface area contributed by atoms with Crippen LogP contribution in [0.1, 0.15) is 0 Å². The molecule has 1 heterocycles. The number of benzene rings is 2. The fourth-order valence-electron chi connectivity index (χ4n) is 2.17. The van der Waals surface area contributed by atoms with Gasteiger partial charge in [0, 0.05) is 10.5 Å². The van der Waals surface area contributed by atoms with E-state index in [9.17, 15) is 23.3 Å². The Hall–Kier alpha value is -3.21. The van der Waals surface area contributed by atoms with Gasteiger partial charge in [-0.3, -0.25) is 10.1 Å². The van der Waals surface area contributed by atoms with E-state index in [0.29, 0.717) is 4.47 Å². The fourth-order valence-corrected chi connectivity index (χ4v) is 2.51. The lowest BCUT2D eigenvalue weighted by Crippen LogP contribution is -2.07. The van der Waals surface area contributed by atoms with Crippen molar-refractivity contribution in [2.45, 2.75) is 0 Å². The Balaban J connectivity index is 2.02. The van der Waals surface area contributed by atoms with Crippen LogP contribution in [0.3, 0.4) is 0 Å². The second-order valence-corrected chi connectivity index (χ2v) is 6.09. The van der Waals surface area contributed by atoms with Gasteiger partial charge in [-0.1, -0.05) is 15.9 Å². The van der Waals surface area contributed by atoms with Crippen molar-refractivity contribution in [3.8, 4) is 0 Å². The Kier molecular flexibility index (Phi) is 5.21. The van der Waals surface area contributed by atoms with Crippen LogP contribution in [0.15, 0.2) is 47.2 Å². The Morgan fingerprint density at radius 3 is 2.22 bits per heavy atom. The van der Waals surface area contributed by atoms with Crippen LogP contribution in [-0.4, -0.2) is 14.9 Å². The average Bonchev–Trinajstić information content (AvgIpc) is 2.60. The van der Waals surface area contributed by atoms with Gasteiger partial charge in [0.25, 0.3) is 0 Å². The molecule has 1 aromatic heterocycles. The van der Waals surface area contributed by atoms with Crippen molar-refractivity contribution < 1.29 is 18.1 Å². The van der Waals surface area contributed by atoms with E-state index in [2.05, 4.69) is 36.5 Å². The van der Waals surface area contributed by atoms with Gasteiger partial charge in [0.15, 0.2) is 0 Å². The molecule has 138 valence electrons. The Morgan fingerprint density at radius 1 is 0.926 bits per heavy atom. The molecule has 3 aromatic rings. The summed E-state index contributed by atoms with van der Waals surface area (Å²) < 4.78 is 41.6. The SMILES string of the molecule is O=[N+]([O-])c1c(Nc2ccc(Br)cc2F)ncnc1Nc1cc(F)ccc1F. The number of anilines is 4. The summed E-state index contributed by atoms with van der Waals surface area (Å²) in [5, 5.41) is 16.4. The number of aromatic nitrogens is 2. The monoisotopic (exact) mass is 439 g/mol. The zero-order valence-electron chi connectivity index (χ0n) is 13.2. The van der Waals surface area contributed by atoms with Crippen LogP contribution >= 0.6 is 15.9 Å². The van der Waals surface area contributed by atoms with Gasteiger partial charge in [0.1, 0.15) is 23.8 Å². The third kappa shape index (κ3) is 4.14. The van der Waals surface area contributed by atoms with E-state index in [-0.39, 0.29) is 23.0 Å². The first-order chi connectivity index (χ1) is 12.8. The molecule has 2 aromatic carbocycles. The van der Waals surface area contributed by atoms with Crippen LogP contribution in [-0.2, 0) is 0 Å². The number of hydrogen-bond acceptors (Lipinski definition) is 6. The summed E-state index contributed by atoms with van der Waals surface area (Å²) in [5.41, 5.74) is -1.08. The molecule has 7 nitrogen and oxygen atoms in total. The average molecular weight is 440 g/mol. The van der Waals surface area contributed by atoms with E-state index in [1.165, 1.54) is 12.1 Å². The van der Waals surface area contributed by atoms with Crippen molar-refractivity contribution >= 4 is 44.6 Å². The van der Waals surface area contributed by atoms with Crippen molar-refractivity contribution in [2.24, 2.45) is 0 Å². The summed E-state index contributed by atoms with van der Waals surface area (Å²) in [5.74, 6) is -2.97. The lowest BCUT2D eigenvalue weighted by molar-refractivity contribution is -0.383. The third-order valence-electron chi connectivity index (χ3n) is 3.37. The number of halogens is 4. The molecule has 0 atom stereocenters. The zero-order valence-corrected chi connectivity index (χ0v) is 14.8. The minimum absolute atomic E-state index is 0.0668. The summed E-state index contributed by atoms with van der Waals surface area (Å²) in [6, 6.07) is 6.63. The molecular weight excluding hydrogens is 431 g/mol. The van der Waals surface area contributed by atoms with Crippen LogP contribution in [0.2, 0.25) is 0 Å². The molecule has 27 heavy (non-hydrogen) atoms. The molecule has 0 radical (unpaired) electrons. The molecule has 0 bridgehead atoms. The van der Waals surface area contributed by atoms with Crippen LogP contribution in [0.25, 0.3) is 0 Å². The molecule has 0 spiro atoms. The maximum Gasteiger partial charge on any atom is 0.353 e. The van der Waals surface area contributed by atoms with E-state index in [4.69, 9.17) is 0 Å². The Labute approximate surface area is 158 Å². The van der Waals surface area contributed by atoms with E-state index >= 15 is 0 Å². The Bertz CT molecular complexity index is 1030. The van der Waals surface area contributed by atoms with Gasteiger partial charge in [-0.05, 0) is 30.3 Å². The normalized spacial score (nSPS) is 10.5. The molecule has 0 unspecified atom stereocenters. The van der Waals surface area contributed by atoms with E-state index < -0.39 is 28.1 Å².